The number of hydrogen-bond acceptors (Lipinski definition) is 8. The summed E-state index contributed by atoms with van der Waals surface area (Å²) in [6.45, 7) is -0.486. The average Bonchev–Trinajstić information content (AvgIpc) is 2.93. The molecule has 108 valence electrons. The molecule has 3 rings (SSSR count). The lowest BCUT2D eigenvalue weighted by molar-refractivity contribution is -0.0235. The van der Waals surface area contributed by atoms with Crippen LogP contribution in [0.15, 0.2) is 6.20 Å². The first-order valence-corrected chi connectivity index (χ1v) is 5.87. The van der Waals surface area contributed by atoms with E-state index in [0.717, 1.165) is 0 Å². The third-order valence-corrected chi connectivity index (χ3v) is 3.19. The van der Waals surface area contributed by atoms with Crippen LogP contribution >= 0.6 is 0 Å². The minimum atomic E-state index is -1.71. The summed E-state index contributed by atoms with van der Waals surface area (Å²) in [4.78, 5) is 11.7. The van der Waals surface area contributed by atoms with Crippen molar-refractivity contribution in [3.05, 3.63) is 11.9 Å². The number of imidazole rings is 1. The number of rotatable bonds is 2. The first-order chi connectivity index (χ1) is 9.51. The van der Waals surface area contributed by atoms with Crippen molar-refractivity contribution in [2.45, 2.75) is 24.5 Å². The molecule has 2 aromatic rings. The van der Waals surface area contributed by atoms with Crippen LogP contribution in [0, 0.1) is 0 Å². The Hall–Kier alpha value is -2.04. The summed E-state index contributed by atoms with van der Waals surface area (Å²) >= 11 is 0. The van der Waals surface area contributed by atoms with Crippen LogP contribution in [0.2, 0.25) is 0 Å². The Labute approximate surface area is 112 Å². The highest BCUT2D eigenvalue weighted by atomic mass is 19.1. The molecule has 9 nitrogen and oxygen atoms in total. The smallest absolute Gasteiger partial charge is 0.240 e. The van der Waals surface area contributed by atoms with Crippen molar-refractivity contribution < 1.29 is 19.3 Å². The molecule has 0 radical (unpaired) electrons. The summed E-state index contributed by atoms with van der Waals surface area (Å²) in [7, 11) is 0. The number of aliphatic hydroxyl groups excluding tert-OH is 2. The Morgan fingerprint density at radius 3 is 2.75 bits per heavy atom. The number of halogens is 1. The number of fused-ring (bicyclic) bond motifs is 1. The van der Waals surface area contributed by atoms with Gasteiger partial charge in [-0.15, -0.1) is 0 Å². The maximum Gasteiger partial charge on any atom is 0.240 e. The normalized spacial score (nSPS) is 30.1. The number of nitrogen functional groups attached to an aromatic ring is 2. The minimum absolute atomic E-state index is 0.0513. The van der Waals surface area contributed by atoms with E-state index in [1.54, 1.807) is 0 Å². The summed E-state index contributed by atoms with van der Waals surface area (Å²) in [5.41, 5.74) is 11.3. The van der Waals surface area contributed by atoms with Crippen LogP contribution in [0.4, 0.5) is 16.3 Å². The fraction of sp³-hybridized carbons (Fsp3) is 0.500. The van der Waals surface area contributed by atoms with Crippen LogP contribution in [0.5, 0.6) is 0 Å². The zero-order valence-electron chi connectivity index (χ0n) is 10.2. The lowest BCUT2D eigenvalue weighted by Crippen LogP contribution is -2.30. The van der Waals surface area contributed by atoms with Gasteiger partial charge in [0.15, 0.2) is 6.17 Å². The fourth-order valence-electron chi connectivity index (χ4n) is 2.18. The van der Waals surface area contributed by atoms with Crippen LogP contribution in [0.3, 0.4) is 0 Å². The molecule has 0 spiro atoms. The van der Waals surface area contributed by atoms with Gasteiger partial charge in [0.25, 0.3) is 0 Å². The molecule has 0 aliphatic carbocycles. The van der Waals surface area contributed by atoms with E-state index in [1.165, 1.54) is 10.6 Å². The van der Waals surface area contributed by atoms with Gasteiger partial charge in [-0.25, -0.2) is 9.37 Å². The van der Waals surface area contributed by atoms with Crippen LogP contribution in [-0.4, -0.2) is 54.6 Å². The molecular formula is C10H13FN6O3. The van der Waals surface area contributed by atoms with Crippen molar-refractivity contribution in [3.63, 3.8) is 0 Å². The van der Waals surface area contributed by atoms with Gasteiger partial charge in [0.2, 0.25) is 17.7 Å². The largest absolute Gasteiger partial charge is 0.394 e. The highest BCUT2D eigenvalue weighted by Gasteiger charge is 2.45. The van der Waals surface area contributed by atoms with Crippen molar-refractivity contribution >= 4 is 17.7 Å². The molecule has 4 atom stereocenters. The van der Waals surface area contributed by atoms with Crippen LogP contribution < -0.4 is 11.5 Å². The molecule has 2 aromatic heterocycles. The zero-order chi connectivity index (χ0) is 14.4. The quantitative estimate of drug-likeness (QED) is 0.517. The number of ether oxygens (including phenoxy) is 1. The van der Waals surface area contributed by atoms with Crippen LogP contribution in [0.25, 0.3) is 5.78 Å². The molecular weight excluding hydrogens is 271 g/mol. The number of alkyl halides is 1. The van der Waals surface area contributed by atoms with Gasteiger partial charge in [-0.2, -0.15) is 9.97 Å². The summed E-state index contributed by atoms with van der Waals surface area (Å²) < 4.78 is 20.6. The molecule has 1 fully saturated rings. The highest BCUT2D eigenvalue weighted by Crippen LogP contribution is 2.35. The topological polar surface area (TPSA) is 145 Å². The van der Waals surface area contributed by atoms with Crippen LogP contribution in [0.1, 0.15) is 11.8 Å². The molecule has 0 aromatic carbocycles. The summed E-state index contributed by atoms with van der Waals surface area (Å²) in [5.74, 6) is 0.159. The second kappa shape index (κ2) is 4.51. The molecule has 0 bridgehead atoms. The van der Waals surface area contributed by atoms with E-state index in [0.29, 0.717) is 0 Å². The number of nitrogens with two attached hydrogens (primary N) is 2. The van der Waals surface area contributed by atoms with Crippen molar-refractivity contribution in [2.75, 3.05) is 18.1 Å². The van der Waals surface area contributed by atoms with Crippen molar-refractivity contribution in [1.82, 2.24) is 19.4 Å². The van der Waals surface area contributed by atoms with E-state index in [9.17, 15) is 9.50 Å². The van der Waals surface area contributed by atoms with Gasteiger partial charge in [-0.1, -0.05) is 0 Å². The number of aromatic nitrogens is 4. The molecule has 1 aliphatic rings. The number of nitrogens with zero attached hydrogens (tertiary/aromatic N) is 4. The van der Waals surface area contributed by atoms with E-state index >= 15 is 0 Å². The average molecular weight is 284 g/mol. The molecule has 0 saturated carbocycles. The molecule has 0 amide bonds. The first kappa shape index (κ1) is 13.0. The van der Waals surface area contributed by atoms with E-state index in [2.05, 4.69) is 15.0 Å². The predicted octanol–water partition coefficient (Wildman–Crippen LogP) is -1.58. The van der Waals surface area contributed by atoms with Crippen LogP contribution in [-0.2, 0) is 4.74 Å². The lowest BCUT2D eigenvalue weighted by Gasteiger charge is -2.09. The zero-order valence-corrected chi connectivity index (χ0v) is 10.2. The third-order valence-electron chi connectivity index (χ3n) is 3.19. The maximum absolute atomic E-state index is 14.0. The van der Waals surface area contributed by atoms with Gasteiger partial charge in [-0.05, 0) is 0 Å². The second-order valence-electron chi connectivity index (χ2n) is 4.49. The van der Waals surface area contributed by atoms with Crippen molar-refractivity contribution in [2.24, 2.45) is 0 Å². The number of anilines is 2. The molecule has 1 saturated heterocycles. The van der Waals surface area contributed by atoms with Gasteiger partial charge >= 0.3 is 0 Å². The molecule has 6 N–H and O–H groups in total. The lowest BCUT2D eigenvalue weighted by atomic mass is 10.1. The monoisotopic (exact) mass is 284 g/mol. The van der Waals surface area contributed by atoms with E-state index in [4.69, 9.17) is 21.3 Å². The SMILES string of the molecule is Nc1nc(N)n2cc([C@H]3O[C@@H](CO)[C@H](O)[C@H]3F)nc2n1. The molecule has 10 heteroatoms. The fourth-order valence-corrected chi connectivity index (χ4v) is 2.18. The Bertz CT molecular complexity index is 649. The summed E-state index contributed by atoms with van der Waals surface area (Å²) in [6.07, 6.45) is -3.81. The summed E-state index contributed by atoms with van der Waals surface area (Å²) in [6, 6.07) is 0. The Balaban J connectivity index is 2.01. The Kier molecular flexibility index (Phi) is 2.92. The van der Waals surface area contributed by atoms with Gasteiger partial charge in [0, 0.05) is 6.20 Å². The molecule has 0 unspecified atom stereocenters. The Morgan fingerprint density at radius 1 is 1.35 bits per heavy atom. The molecule has 1 aliphatic heterocycles. The number of hydrogen-bond donors (Lipinski definition) is 4. The minimum Gasteiger partial charge on any atom is -0.394 e. The maximum atomic E-state index is 14.0. The van der Waals surface area contributed by atoms with Gasteiger partial charge in [0.05, 0.1) is 12.3 Å². The third kappa shape index (κ3) is 1.85. The van der Waals surface area contributed by atoms with E-state index in [-0.39, 0.29) is 23.4 Å². The highest BCUT2D eigenvalue weighted by molar-refractivity contribution is 5.43. The summed E-state index contributed by atoms with van der Waals surface area (Å²) in [5, 5.41) is 18.6. The van der Waals surface area contributed by atoms with E-state index < -0.39 is 31.1 Å². The van der Waals surface area contributed by atoms with Crippen molar-refractivity contribution in [3.8, 4) is 0 Å². The molecule has 3 heterocycles. The second-order valence-corrected chi connectivity index (χ2v) is 4.49. The Morgan fingerprint density at radius 2 is 2.10 bits per heavy atom. The predicted molar refractivity (Wildman–Crippen MR) is 65.2 cm³/mol. The standard InChI is InChI=1S/C10H13FN6O3/c11-5-6(19)4(2-18)20-7(5)3-1-17-9(13)15-8(12)16-10(17)14-3/h1,4-7,18-19H,2H2,(H4,12,13,14,15,16)/t4-,5+,6-,7+/m0/s1. The van der Waals surface area contributed by atoms with Gasteiger partial charge < -0.3 is 26.4 Å². The number of aliphatic hydroxyl groups is 2. The first-order valence-electron chi connectivity index (χ1n) is 5.87. The van der Waals surface area contributed by atoms with Crippen molar-refractivity contribution in [1.29, 1.82) is 0 Å². The van der Waals surface area contributed by atoms with Gasteiger partial charge in [0.1, 0.15) is 18.3 Å². The molecule has 20 heavy (non-hydrogen) atoms. The van der Waals surface area contributed by atoms with Gasteiger partial charge in [-0.3, -0.25) is 4.40 Å². The van der Waals surface area contributed by atoms with E-state index in [1.807, 2.05) is 0 Å².